The highest BCUT2D eigenvalue weighted by Gasteiger charge is 2.25. The molecule has 1 atom stereocenters. The average Bonchev–Trinajstić information content (AvgIpc) is 2.48. The summed E-state index contributed by atoms with van der Waals surface area (Å²) in [4.78, 5) is 0. The Bertz CT molecular complexity index is 664. The fourth-order valence-corrected chi connectivity index (χ4v) is 2.54. The van der Waals surface area contributed by atoms with Crippen molar-refractivity contribution in [1.29, 1.82) is 0 Å². The molecule has 112 valence electrons. The summed E-state index contributed by atoms with van der Waals surface area (Å²) < 4.78 is 33.8. The third kappa shape index (κ3) is 3.07. The quantitative estimate of drug-likeness (QED) is 0.499. The Hall–Kier alpha value is -1.50. The molecule has 0 spiro atoms. The van der Waals surface area contributed by atoms with Gasteiger partial charge in [-0.2, -0.15) is 0 Å². The summed E-state index contributed by atoms with van der Waals surface area (Å²) in [5.74, 6) is 4.67. The van der Waals surface area contributed by atoms with E-state index in [4.69, 9.17) is 10.6 Å². The molecule has 3 N–H and O–H groups in total. The Labute approximate surface area is 130 Å². The van der Waals surface area contributed by atoms with E-state index in [1.54, 1.807) is 12.1 Å². The zero-order valence-electron chi connectivity index (χ0n) is 11.6. The molecule has 1 unspecified atom stereocenters. The van der Waals surface area contributed by atoms with Crippen molar-refractivity contribution in [3.05, 3.63) is 63.1 Å². The van der Waals surface area contributed by atoms with Gasteiger partial charge >= 0.3 is 0 Å². The van der Waals surface area contributed by atoms with Gasteiger partial charge < -0.3 is 4.74 Å². The molecule has 0 saturated carbocycles. The van der Waals surface area contributed by atoms with Crippen molar-refractivity contribution in [2.75, 3.05) is 7.11 Å². The number of nitrogens with two attached hydrogens (primary N) is 1. The summed E-state index contributed by atoms with van der Waals surface area (Å²) in [6, 6.07) is 6.99. The van der Waals surface area contributed by atoms with Crippen molar-refractivity contribution in [3.8, 4) is 5.75 Å². The summed E-state index contributed by atoms with van der Waals surface area (Å²) in [6.45, 7) is 1.90. The maximum atomic E-state index is 14.3. The van der Waals surface area contributed by atoms with Gasteiger partial charge in [-0.1, -0.05) is 12.1 Å². The second kappa shape index (κ2) is 6.51. The van der Waals surface area contributed by atoms with E-state index in [9.17, 15) is 8.78 Å². The lowest BCUT2D eigenvalue weighted by molar-refractivity contribution is 0.401. The van der Waals surface area contributed by atoms with E-state index >= 15 is 0 Å². The van der Waals surface area contributed by atoms with Crippen LogP contribution in [0.3, 0.4) is 0 Å². The standard InChI is InChI=1S/C15H15BrF2N2O/c1-8-3-4-9(12(7-8)21-2)15(20-19)13-11(17)6-5-10(16)14(13)18/h3-7,15,20H,19H2,1-2H3. The fourth-order valence-electron chi connectivity index (χ4n) is 2.19. The number of hydrogen-bond donors (Lipinski definition) is 2. The molecule has 2 rings (SSSR count). The van der Waals surface area contributed by atoms with E-state index in [2.05, 4.69) is 21.4 Å². The molecule has 6 heteroatoms. The number of hydrogen-bond acceptors (Lipinski definition) is 3. The lowest BCUT2D eigenvalue weighted by Crippen LogP contribution is -2.30. The predicted molar refractivity (Wildman–Crippen MR) is 81.0 cm³/mol. The van der Waals surface area contributed by atoms with Crippen LogP contribution in [-0.2, 0) is 0 Å². The topological polar surface area (TPSA) is 47.3 Å². The van der Waals surface area contributed by atoms with Gasteiger partial charge in [0.1, 0.15) is 17.4 Å². The monoisotopic (exact) mass is 356 g/mol. The number of benzene rings is 2. The fraction of sp³-hybridized carbons (Fsp3) is 0.200. The van der Waals surface area contributed by atoms with E-state index in [1.165, 1.54) is 19.2 Å². The number of aryl methyl sites for hydroxylation is 1. The first-order chi connectivity index (χ1) is 9.99. The number of ether oxygens (including phenoxy) is 1. The minimum atomic E-state index is -0.863. The van der Waals surface area contributed by atoms with Gasteiger partial charge in [-0.15, -0.1) is 0 Å². The Morgan fingerprint density at radius 3 is 2.57 bits per heavy atom. The highest BCUT2D eigenvalue weighted by Crippen LogP contribution is 2.34. The summed E-state index contributed by atoms with van der Waals surface area (Å²) in [7, 11) is 1.50. The summed E-state index contributed by atoms with van der Waals surface area (Å²) in [6.07, 6.45) is 0. The highest BCUT2D eigenvalue weighted by molar-refractivity contribution is 9.10. The number of hydrazine groups is 1. The van der Waals surface area contributed by atoms with Gasteiger partial charge in [0.2, 0.25) is 0 Å². The van der Waals surface area contributed by atoms with Gasteiger partial charge in [-0.05, 0) is 46.6 Å². The molecule has 2 aromatic carbocycles. The SMILES string of the molecule is COc1cc(C)ccc1C(NN)c1c(F)ccc(Br)c1F. The third-order valence-electron chi connectivity index (χ3n) is 3.23. The van der Waals surface area contributed by atoms with Crippen LogP contribution in [0.2, 0.25) is 0 Å². The minimum absolute atomic E-state index is 0.158. The summed E-state index contributed by atoms with van der Waals surface area (Å²) >= 11 is 3.06. The van der Waals surface area contributed by atoms with E-state index in [0.29, 0.717) is 11.3 Å². The first-order valence-electron chi connectivity index (χ1n) is 6.23. The van der Waals surface area contributed by atoms with Crippen LogP contribution in [0.5, 0.6) is 5.75 Å². The zero-order chi connectivity index (χ0) is 15.6. The molecule has 0 heterocycles. The molecule has 21 heavy (non-hydrogen) atoms. The molecule has 0 saturated heterocycles. The van der Waals surface area contributed by atoms with Gasteiger partial charge in [-0.3, -0.25) is 5.84 Å². The molecule has 0 bridgehead atoms. The van der Waals surface area contributed by atoms with Crippen molar-refractivity contribution in [3.63, 3.8) is 0 Å². The van der Waals surface area contributed by atoms with E-state index < -0.39 is 17.7 Å². The van der Waals surface area contributed by atoms with Crippen LogP contribution in [0, 0.1) is 18.6 Å². The summed E-state index contributed by atoms with van der Waals surface area (Å²) in [5, 5.41) is 0. The van der Waals surface area contributed by atoms with Crippen molar-refractivity contribution >= 4 is 15.9 Å². The Kier molecular flexibility index (Phi) is 4.92. The molecule has 0 aliphatic heterocycles. The predicted octanol–water partition coefficient (Wildman–Crippen LogP) is 3.60. The lowest BCUT2D eigenvalue weighted by atomic mass is 9.96. The highest BCUT2D eigenvalue weighted by atomic mass is 79.9. The van der Waals surface area contributed by atoms with Gasteiger partial charge in [0.25, 0.3) is 0 Å². The lowest BCUT2D eigenvalue weighted by Gasteiger charge is -2.21. The van der Waals surface area contributed by atoms with Crippen LogP contribution in [0.25, 0.3) is 0 Å². The molecule has 0 aliphatic rings. The molecule has 2 aromatic rings. The number of rotatable bonds is 4. The molecular formula is C15H15BrF2N2O. The van der Waals surface area contributed by atoms with E-state index in [1.807, 2.05) is 13.0 Å². The second-order valence-electron chi connectivity index (χ2n) is 4.60. The van der Waals surface area contributed by atoms with Crippen LogP contribution in [0.15, 0.2) is 34.8 Å². The maximum absolute atomic E-state index is 14.3. The third-order valence-corrected chi connectivity index (χ3v) is 3.85. The minimum Gasteiger partial charge on any atom is -0.496 e. The molecule has 0 aliphatic carbocycles. The molecule has 0 amide bonds. The number of nitrogens with one attached hydrogen (secondary N) is 1. The van der Waals surface area contributed by atoms with Gasteiger partial charge in [-0.25, -0.2) is 14.2 Å². The van der Waals surface area contributed by atoms with Crippen LogP contribution < -0.4 is 16.0 Å². The normalized spacial score (nSPS) is 12.3. The molecule has 0 radical (unpaired) electrons. The smallest absolute Gasteiger partial charge is 0.145 e. The van der Waals surface area contributed by atoms with Crippen molar-refractivity contribution in [2.24, 2.45) is 5.84 Å². The van der Waals surface area contributed by atoms with Gasteiger partial charge in [0.15, 0.2) is 0 Å². The van der Waals surface area contributed by atoms with Crippen molar-refractivity contribution in [1.82, 2.24) is 5.43 Å². The number of methoxy groups -OCH3 is 1. The van der Waals surface area contributed by atoms with Crippen LogP contribution >= 0.6 is 15.9 Å². The number of halogens is 3. The van der Waals surface area contributed by atoms with Gasteiger partial charge in [0.05, 0.1) is 17.6 Å². The van der Waals surface area contributed by atoms with Crippen LogP contribution in [-0.4, -0.2) is 7.11 Å². The molecule has 0 aromatic heterocycles. The van der Waals surface area contributed by atoms with E-state index in [0.717, 1.165) is 5.56 Å². The van der Waals surface area contributed by atoms with Crippen molar-refractivity contribution < 1.29 is 13.5 Å². The first kappa shape index (κ1) is 15.9. The Morgan fingerprint density at radius 1 is 1.24 bits per heavy atom. The Morgan fingerprint density at radius 2 is 1.95 bits per heavy atom. The van der Waals surface area contributed by atoms with Crippen LogP contribution in [0.1, 0.15) is 22.7 Å². The van der Waals surface area contributed by atoms with Crippen LogP contribution in [0.4, 0.5) is 8.78 Å². The van der Waals surface area contributed by atoms with Crippen molar-refractivity contribution in [2.45, 2.75) is 13.0 Å². The zero-order valence-corrected chi connectivity index (χ0v) is 13.2. The molecular weight excluding hydrogens is 342 g/mol. The molecule has 0 fully saturated rings. The maximum Gasteiger partial charge on any atom is 0.145 e. The largest absolute Gasteiger partial charge is 0.496 e. The second-order valence-corrected chi connectivity index (χ2v) is 5.46. The van der Waals surface area contributed by atoms with Gasteiger partial charge in [0, 0.05) is 11.1 Å². The first-order valence-corrected chi connectivity index (χ1v) is 7.03. The van der Waals surface area contributed by atoms with E-state index in [-0.39, 0.29) is 10.0 Å². The molecule has 3 nitrogen and oxygen atoms in total. The summed E-state index contributed by atoms with van der Waals surface area (Å²) in [5.41, 5.74) is 3.83. The Balaban J connectivity index is 2.63. The average molecular weight is 357 g/mol.